The minimum Gasteiger partial charge on any atom is -0.463 e. The maximum atomic E-state index is 10.2. The molecule has 1 atom stereocenters. The molecule has 0 unspecified atom stereocenters. The van der Waals surface area contributed by atoms with Gasteiger partial charge in [0.05, 0.1) is 6.10 Å². The van der Waals surface area contributed by atoms with Crippen LogP contribution in [-0.2, 0) is 9.53 Å². The molecule has 1 aliphatic heterocycles. The summed E-state index contributed by atoms with van der Waals surface area (Å²) in [6.45, 7) is 1.91. The van der Waals surface area contributed by atoms with Crippen molar-refractivity contribution in [2.24, 2.45) is 0 Å². The molecule has 1 aliphatic rings. The summed E-state index contributed by atoms with van der Waals surface area (Å²) >= 11 is 0. The van der Waals surface area contributed by atoms with Gasteiger partial charge in [0.15, 0.2) is 0 Å². The Morgan fingerprint density at radius 3 is 1.85 bits per heavy atom. The zero-order valence-corrected chi connectivity index (χ0v) is 8.07. The fourth-order valence-corrected chi connectivity index (χ4v) is 0.663. The van der Waals surface area contributed by atoms with Gasteiger partial charge in [-0.3, -0.25) is 4.79 Å². The third kappa shape index (κ3) is 15.0. The standard InChI is InChI=1S/C5H8O2.ClHO4.Li/c1-4-2-3-5(6)7-4;2-1(3,4)5;/h4H,2-3H2,1H3;(H,2,3,4,5);/q;;+1/p-1/t4-;;/m0../s1. The van der Waals surface area contributed by atoms with E-state index in [4.69, 9.17) is 23.4 Å². The SMILES string of the molecule is C[C@H]1CCC(=O)O1.[Li+].[O-][Cl+3]([O-])([O-])[O-]. The number of carbonyl (C=O) groups is 1. The molecular weight excluding hydrogens is 198 g/mol. The van der Waals surface area contributed by atoms with E-state index in [1.165, 1.54) is 0 Å². The summed E-state index contributed by atoms with van der Waals surface area (Å²) in [5.74, 6) is -0.0486. The first-order valence-electron chi connectivity index (χ1n) is 3.10. The van der Waals surface area contributed by atoms with Crippen LogP contribution in [0, 0.1) is 10.2 Å². The number of cyclic esters (lactones) is 1. The largest absolute Gasteiger partial charge is 1.00 e. The fraction of sp³-hybridized carbons (Fsp3) is 0.800. The Kier molecular flexibility index (Phi) is 7.98. The Labute approximate surface area is 89.4 Å². The second kappa shape index (κ2) is 6.62. The molecule has 0 saturated carbocycles. The molecule has 0 aromatic carbocycles. The Hall–Kier alpha value is 0.197. The fourth-order valence-electron chi connectivity index (χ4n) is 0.663. The Balaban J connectivity index is 0. The minimum atomic E-state index is -4.94. The molecule has 8 heteroatoms. The molecule has 6 nitrogen and oxygen atoms in total. The number of esters is 1. The van der Waals surface area contributed by atoms with Crippen molar-refractivity contribution in [3.63, 3.8) is 0 Å². The van der Waals surface area contributed by atoms with Crippen molar-refractivity contribution >= 4 is 5.97 Å². The Morgan fingerprint density at radius 1 is 1.38 bits per heavy atom. The van der Waals surface area contributed by atoms with Crippen molar-refractivity contribution < 1.29 is 57.3 Å². The van der Waals surface area contributed by atoms with E-state index in [1.54, 1.807) is 0 Å². The van der Waals surface area contributed by atoms with Crippen LogP contribution in [0.4, 0.5) is 0 Å². The Morgan fingerprint density at radius 2 is 1.77 bits per heavy atom. The third-order valence-electron chi connectivity index (χ3n) is 1.09. The molecule has 1 rings (SSSR count). The number of carbonyl (C=O) groups excluding carboxylic acids is 1. The number of halogens is 1. The summed E-state index contributed by atoms with van der Waals surface area (Å²) in [6, 6.07) is 0. The van der Waals surface area contributed by atoms with E-state index in [2.05, 4.69) is 0 Å². The summed E-state index contributed by atoms with van der Waals surface area (Å²) < 4.78 is 38.7. The number of hydrogen-bond donors (Lipinski definition) is 0. The molecule has 0 N–H and O–H groups in total. The van der Waals surface area contributed by atoms with Gasteiger partial charge < -0.3 is 4.74 Å². The molecule has 13 heavy (non-hydrogen) atoms. The quantitative estimate of drug-likeness (QED) is 0.287. The number of hydrogen-bond acceptors (Lipinski definition) is 6. The minimum absolute atomic E-state index is 0. The molecule has 0 radical (unpaired) electrons. The van der Waals surface area contributed by atoms with Gasteiger partial charge in [-0.15, -0.1) is 10.2 Å². The molecule has 0 amide bonds. The average Bonchev–Trinajstić information content (AvgIpc) is 2.09. The topological polar surface area (TPSA) is 119 Å². The summed E-state index contributed by atoms with van der Waals surface area (Å²) in [4.78, 5) is 10.2. The first-order chi connectivity index (χ1) is 5.29. The van der Waals surface area contributed by atoms with Crippen LogP contribution in [0.5, 0.6) is 0 Å². The summed E-state index contributed by atoms with van der Waals surface area (Å²) in [6.07, 6.45) is 1.69. The second-order valence-electron chi connectivity index (χ2n) is 2.22. The van der Waals surface area contributed by atoms with E-state index in [0.717, 1.165) is 6.42 Å². The van der Waals surface area contributed by atoms with E-state index in [1.807, 2.05) is 6.92 Å². The van der Waals surface area contributed by atoms with E-state index < -0.39 is 10.2 Å². The number of ether oxygens (including phenoxy) is 1. The van der Waals surface area contributed by atoms with Gasteiger partial charge in [0, 0.05) is 6.42 Å². The van der Waals surface area contributed by atoms with Gasteiger partial charge in [-0.2, -0.15) is 0 Å². The van der Waals surface area contributed by atoms with Gasteiger partial charge in [-0.05, 0) is 13.3 Å². The molecule has 0 spiro atoms. The van der Waals surface area contributed by atoms with Crippen molar-refractivity contribution in [3.8, 4) is 0 Å². The van der Waals surface area contributed by atoms with Gasteiger partial charge in [-0.25, -0.2) is 18.6 Å². The third-order valence-corrected chi connectivity index (χ3v) is 1.09. The summed E-state index contributed by atoms with van der Waals surface area (Å²) in [5.41, 5.74) is 0. The van der Waals surface area contributed by atoms with E-state index in [9.17, 15) is 4.79 Å². The van der Waals surface area contributed by atoms with Crippen LogP contribution < -0.4 is 37.5 Å². The van der Waals surface area contributed by atoms with Crippen molar-refractivity contribution in [1.29, 1.82) is 0 Å². The smallest absolute Gasteiger partial charge is 0.463 e. The molecule has 0 bridgehead atoms. The first-order valence-corrected chi connectivity index (χ1v) is 4.33. The predicted octanol–water partition coefficient (Wildman–Crippen LogP) is -7.04. The second-order valence-corrected chi connectivity index (χ2v) is 2.97. The van der Waals surface area contributed by atoms with Gasteiger partial charge in [-0.1, -0.05) is 0 Å². The zero-order valence-electron chi connectivity index (χ0n) is 7.32. The molecule has 0 aromatic heterocycles. The molecule has 0 aliphatic carbocycles. The normalized spacial score (nSPS) is 21.0. The van der Waals surface area contributed by atoms with Crippen molar-refractivity contribution in [2.45, 2.75) is 25.9 Å². The van der Waals surface area contributed by atoms with Crippen LogP contribution in [0.3, 0.4) is 0 Å². The van der Waals surface area contributed by atoms with Crippen LogP contribution in [0.2, 0.25) is 0 Å². The molecule has 1 saturated heterocycles. The molecule has 72 valence electrons. The Bertz CT molecular complexity index is 152. The van der Waals surface area contributed by atoms with E-state index in [-0.39, 0.29) is 30.9 Å². The zero-order chi connectivity index (χ0) is 9.78. The van der Waals surface area contributed by atoms with Crippen molar-refractivity contribution in [3.05, 3.63) is 0 Å². The van der Waals surface area contributed by atoms with E-state index >= 15 is 0 Å². The molecular formula is C5H8ClLiO6. The molecule has 1 fully saturated rings. The maximum Gasteiger partial charge on any atom is 1.00 e. The number of rotatable bonds is 0. The molecule has 0 aromatic rings. The predicted molar refractivity (Wildman–Crippen MR) is 24.8 cm³/mol. The van der Waals surface area contributed by atoms with Crippen LogP contribution in [0.1, 0.15) is 19.8 Å². The average molecular weight is 207 g/mol. The first kappa shape index (κ1) is 15.7. The summed E-state index contributed by atoms with van der Waals surface area (Å²) in [5, 5.41) is 0. The van der Waals surface area contributed by atoms with Crippen molar-refractivity contribution in [1.82, 2.24) is 0 Å². The van der Waals surface area contributed by atoms with Crippen LogP contribution in [0.15, 0.2) is 0 Å². The monoisotopic (exact) mass is 206 g/mol. The van der Waals surface area contributed by atoms with Crippen LogP contribution >= 0.6 is 0 Å². The maximum absolute atomic E-state index is 10.2. The van der Waals surface area contributed by atoms with E-state index in [0.29, 0.717) is 6.42 Å². The van der Waals surface area contributed by atoms with Crippen LogP contribution in [-0.4, -0.2) is 12.1 Å². The van der Waals surface area contributed by atoms with Crippen LogP contribution in [0.25, 0.3) is 0 Å². The van der Waals surface area contributed by atoms with Gasteiger partial charge >= 0.3 is 24.8 Å². The van der Waals surface area contributed by atoms with Gasteiger partial charge in [0.25, 0.3) is 0 Å². The molecule has 1 heterocycles. The van der Waals surface area contributed by atoms with Crippen molar-refractivity contribution in [2.75, 3.05) is 0 Å². The summed E-state index contributed by atoms with van der Waals surface area (Å²) in [7, 11) is -4.94. The van der Waals surface area contributed by atoms with Gasteiger partial charge in [0.2, 0.25) is 0 Å². The van der Waals surface area contributed by atoms with Gasteiger partial charge in [0.1, 0.15) is 0 Å².